The van der Waals surface area contributed by atoms with E-state index in [1.807, 2.05) is 6.20 Å². The Bertz CT molecular complexity index is 782. The number of hydrogen-bond acceptors (Lipinski definition) is 6. The Kier molecular flexibility index (Phi) is 9.92. The maximum absolute atomic E-state index is 10.6. The Hall–Kier alpha value is -2.39. The molecule has 2 saturated heterocycles. The van der Waals surface area contributed by atoms with Gasteiger partial charge in [0.15, 0.2) is 0 Å². The highest BCUT2D eigenvalue weighted by atomic mass is 19.4. The summed E-state index contributed by atoms with van der Waals surface area (Å²) >= 11 is 0. The van der Waals surface area contributed by atoms with Crippen LogP contribution in [0, 0.1) is 5.92 Å². The number of likely N-dealkylation sites (tertiary alicyclic amines) is 1. The fourth-order valence-electron chi connectivity index (χ4n) is 3.86. The number of hydrogen-bond donors (Lipinski definition) is 3. The summed E-state index contributed by atoms with van der Waals surface area (Å²) in [5.41, 5.74) is 1.55. The lowest BCUT2D eigenvalue weighted by Crippen LogP contribution is -2.61. The monoisotopic (exact) mass is 518 g/mol. The van der Waals surface area contributed by atoms with E-state index in [0.29, 0.717) is 5.54 Å². The summed E-state index contributed by atoms with van der Waals surface area (Å²) < 4.78 is 69.3. The number of carboxylic acids is 2. The molecule has 0 amide bonds. The van der Waals surface area contributed by atoms with Crippen molar-refractivity contribution in [3.05, 3.63) is 18.0 Å². The smallest absolute Gasteiger partial charge is 0.475 e. The molecule has 1 saturated carbocycles. The Morgan fingerprint density at radius 1 is 1.06 bits per heavy atom. The van der Waals surface area contributed by atoms with Crippen LogP contribution in [0.5, 0.6) is 0 Å². The lowest BCUT2D eigenvalue weighted by molar-refractivity contribution is -0.193. The van der Waals surface area contributed by atoms with Gasteiger partial charge in [0.1, 0.15) is 0 Å². The molecule has 2 aliphatic heterocycles. The van der Waals surface area contributed by atoms with Crippen LogP contribution in [0.15, 0.2) is 12.3 Å². The number of aromatic nitrogens is 2. The van der Waals surface area contributed by atoms with Crippen molar-refractivity contribution in [3.63, 3.8) is 0 Å². The fraction of sp³-hybridized carbons (Fsp3) is 0.750. The molecule has 1 aromatic heterocycles. The molecular formula is C20H28F6N4O5. The van der Waals surface area contributed by atoms with Crippen LogP contribution in [0.3, 0.4) is 0 Å². The normalized spacial score (nSPS) is 20.9. The predicted molar refractivity (Wildman–Crippen MR) is 108 cm³/mol. The molecule has 0 bridgehead atoms. The van der Waals surface area contributed by atoms with Gasteiger partial charge >= 0.3 is 24.3 Å². The highest BCUT2D eigenvalue weighted by Gasteiger charge is 2.44. The third-order valence-electron chi connectivity index (χ3n) is 5.95. The number of nitrogens with one attached hydrogen (secondary N) is 1. The average molecular weight is 518 g/mol. The molecule has 200 valence electrons. The van der Waals surface area contributed by atoms with Crippen molar-refractivity contribution in [3.8, 4) is 0 Å². The molecule has 9 nitrogen and oxygen atoms in total. The van der Waals surface area contributed by atoms with E-state index < -0.39 is 24.3 Å². The largest absolute Gasteiger partial charge is 0.490 e. The lowest BCUT2D eigenvalue weighted by atomic mass is 9.85. The van der Waals surface area contributed by atoms with Crippen molar-refractivity contribution in [2.45, 2.75) is 50.1 Å². The zero-order chi connectivity index (χ0) is 26.3. The van der Waals surface area contributed by atoms with Crippen molar-refractivity contribution < 1.29 is 50.9 Å². The Balaban J connectivity index is 0.000000257. The number of carbonyl (C=O) groups is 2. The molecule has 15 heteroatoms. The van der Waals surface area contributed by atoms with Gasteiger partial charge in [0.05, 0.1) is 13.2 Å². The van der Waals surface area contributed by atoms with Gasteiger partial charge in [0, 0.05) is 50.2 Å². The van der Waals surface area contributed by atoms with E-state index in [4.69, 9.17) is 24.5 Å². The van der Waals surface area contributed by atoms with Crippen LogP contribution >= 0.6 is 0 Å². The van der Waals surface area contributed by atoms with Gasteiger partial charge in [-0.05, 0) is 37.7 Å². The fourth-order valence-corrected chi connectivity index (χ4v) is 3.86. The van der Waals surface area contributed by atoms with Crippen LogP contribution in [0.25, 0.3) is 0 Å². The molecule has 0 aromatic carbocycles. The van der Waals surface area contributed by atoms with E-state index in [1.54, 1.807) is 0 Å². The summed E-state index contributed by atoms with van der Waals surface area (Å²) in [5, 5.41) is 21.4. The Morgan fingerprint density at radius 2 is 1.60 bits per heavy atom. The topological polar surface area (TPSA) is 119 Å². The summed E-state index contributed by atoms with van der Waals surface area (Å²) in [6, 6.07) is 2.08. The molecule has 35 heavy (non-hydrogen) atoms. The minimum absolute atomic E-state index is 0.325. The van der Waals surface area contributed by atoms with Gasteiger partial charge in [0.2, 0.25) is 0 Å². The third kappa shape index (κ3) is 9.64. The Morgan fingerprint density at radius 3 is 2.03 bits per heavy atom. The van der Waals surface area contributed by atoms with Crippen LogP contribution in [0.1, 0.15) is 31.4 Å². The number of H-pyrrole nitrogens is 1. The van der Waals surface area contributed by atoms with E-state index in [9.17, 15) is 26.3 Å². The second-order valence-corrected chi connectivity index (χ2v) is 8.63. The maximum Gasteiger partial charge on any atom is 0.490 e. The number of ether oxygens (including phenoxy) is 1. The zero-order valence-corrected chi connectivity index (χ0v) is 18.7. The number of alkyl halides is 6. The molecule has 3 N–H and O–H groups in total. The number of nitrogens with zero attached hydrogens (tertiary/aromatic N) is 3. The van der Waals surface area contributed by atoms with Gasteiger partial charge in [-0.25, -0.2) is 9.59 Å². The first kappa shape index (κ1) is 28.8. The van der Waals surface area contributed by atoms with Crippen LogP contribution < -0.4 is 0 Å². The molecule has 1 aromatic rings. The molecule has 3 fully saturated rings. The molecule has 4 rings (SSSR count). The number of carboxylic acid groups (broad SMARTS) is 2. The van der Waals surface area contributed by atoms with Crippen molar-refractivity contribution >= 4 is 11.9 Å². The van der Waals surface area contributed by atoms with Gasteiger partial charge in [0.25, 0.3) is 0 Å². The first-order chi connectivity index (χ1) is 16.2. The molecule has 0 radical (unpaired) electrons. The van der Waals surface area contributed by atoms with Crippen molar-refractivity contribution in [2.24, 2.45) is 5.92 Å². The van der Waals surface area contributed by atoms with Crippen molar-refractivity contribution in [2.75, 3.05) is 39.4 Å². The van der Waals surface area contributed by atoms with Crippen LogP contribution in [0.2, 0.25) is 0 Å². The molecule has 3 heterocycles. The van der Waals surface area contributed by atoms with E-state index in [0.717, 1.165) is 32.2 Å². The molecule has 0 atom stereocenters. The summed E-state index contributed by atoms with van der Waals surface area (Å²) in [7, 11) is 0. The molecule has 0 unspecified atom stereocenters. The number of piperidine rings is 1. The number of rotatable bonds is 4. The number of aliphatic carboxylic acids is 2. The first-order valence-corrected chi connectivity index (χ1v) is 10.9. The summed E-state index contributed by atoms with van der Waals surface area (Å²) in [4.78, 5) is 23.1. The zero-order valence-electron chi connectivity index (χ0n) is 18.7. The second-order valence-electron chi connectivity index (χ2n) is 8.63. The van der Waals surface area contributed by atoms with Crippen LogP contribution in [-0.2, 0) is 20.9 Å². The molecule has 3 aliphatic rings. The quantitative estimate of drug-likeness (QED) is 0.521. The van der Waals surface area contributed by atoms with Crippen LogP contribution in [0.4, 0.5) is 26.3 Å². The van der Waals surface area contributed by atoms with Crippen molar-refractivity contribution in [1.29, 1.82) is 0 Å². The number of aromatic amines is 1. The van der Waals surface area contributed by atoms with Gasteiger partial charge in [-0.15, -0.1) is 0 Å². The average Bonchev–Trinajstić information content (AvgIpc) is 3.43. The summed E-state index contributed by atoms with van der Waals surface area (Å²) in [6.07, 6.45) is -2.95. The van der Waals surface area contributed by atoms with E-state index in [-0.39, 0.29) is 0 Å². The predicted octanol–water partition coefficient (Wildman–Crippen LogP) is 2.75. The van der Waals surface area contributed by atoms with Gasteiger partial charge < -0.3 is 14.9 Å². The number of morpholine rings is 1. The molecule has 1 spiro atoms. The third-order valence-corrected chi connectivity index (χ3v) is 5.95. The number of halogens is 6. The Labute approximate surface area is 197 Å². The van der Waals surface area contributed by atoms with Crippen LogP contribution in [-0.4, -0.2) is 99.4 Å². The SMILES string of the molecule is O=C(O)C(F)(F)F.O=C(O)C(F)(F)F.c1cc(CN2CCC3(CC2)COCCN3CC2CC2)[nH]n1. The van der Waals surface area contributed by atoms with Crippen molar-refractivity contribution in [1.82, 2.24) is 20.0 Å². The highest BCUT2D eigenvalue weighted by molar-refractivity contribution is 5.73. The summed E-state index contributed by atoms with van der Waals surface area (Å²) in [6.45, 7) is 7.65. The van der Waals surface area contributed by atoms with E-state index in [2.05, 4.69) is 26.1 Å². The van der Waals surface area contributed by atoms with Gasteiger partial charge in [-0.3, -0.25) is 14.9 Å². The minimum Gasteiger partial charge on any atom is -0.475 e. The first-order valence-electron chi connectivity index (χ1n) is 10.9. The lowest BCUT2D eigenvalue weighted by Gasteiger charge is -2.51. The summed E-state index contributed by atoms with van der Waals surface area (Å²) in [5.74, 6) is -4.54. The molecular weight excluding hydrogens is 490 g/mol. The minimum atomic E-state index is -5.08. The maximum atomic E-state index is 10.6. The van der Waals surface area contributed by atoms with E-state index >= 15 is 0 Å². The van der Waals surface area contributed by atoms with Gasteiger partial charge in [-0.1, -0.05) is 0 Å². The van der Waals surface area contributed by atoms with Gasteiger partial charge in [-0.2, -0.15) is 31.4 Å². The second kappa shape index (κ2) is 12.0. The highest BCUT2D eigenvalue weighted by Crippen LogP contribution is 2.37. The molecule has 1 aliphatic carbocycles. The van der Waals surface area contributed by atoms with E-state index in [1.165, 1.54) is 51.0 Å². The standard InChI is InChI=1S/C16H26N4O.2C2HF3O2/c1-2-14(1)11-20-9-10-21-13-16(20)4-7-19(8-5-16)12-15-3-6-17-18-15;2*3-2(4,5)1(6)7/h3,6,14H,1-2,4-5,7-13H2,(H,17,18);2*(H,6,7).